The number of carbonyl (C=O) groups is 1. The normalized spacial score (nSPS) is 12.4. The molecular formula is C16H23N5OS. The summed E-state index contributed by atoms with van der Waals surface area (Å²) in [5.74, 6) is 0.693. The van der Waals surface area contributed by atoms with Crippen molar-refractivity contribution in [3.05, 3.63) is 29.3 Å². The minimum absolute atomic E-state index is 0.00817. The number of hydrogen-bond acceptors (Lipinski definition) is 5. The van der Waals surface area contributed by atoms with Gasteiger partial charge in [-0.15, -0.1) is 5.10 Å². The van der Waals surface area contributed by atoms with Gasteiger partial charge in [0.2, 0.25) is 11.1 Å². The summed E-state index contributed by atoms with van der Waals surface area (Å²) in [6.45, 7) is 10.2. The molecule has 1 N–H and O–H groups in total. The van der Waals surface area contributed by atoms with Gasteiger partial charge in [0.1, 0.15) is 0 Å². The fraction of sp³-hybridized carbons (Fsp3) is 0.500. The molecule has 1 atom stereocenters. The van der Waals surface area contributed by atoms with Gasteiger partial charge in [0.05, 0.1) is 11.4 Å². The number of tetrazole rings is 1. The van der Waals surface area contributed by atoms with Crippen molar-refractivity contribution in [2.45, 2.75) is 45.8 Å². The van der Waals surface area contributed by atoms with Gasteiger partial charge in [-0.1, -0.05) is 31.7 Å². The summed E-state index contributed by atoms with van der Waals surface area (Å²) in [7, 11) is 0. The monoisotopic (exact) mass is 333 g/mol. The molecule has 0 saturated carbocycles. The summed E-state index contributed by atoms with van der Waals surface area (Å²) in [5, 5.41) is 15.4. The number of hydrogen-bond donors (Lipinski definition) is 1. The summed E-state index contributed by atoms with van der Waals surface area (Å²) < 4.78 is 1.67. The fourth-order valence-corrected chi connectivity index (χ4v) is 2.80. The third kappa shape index (κ3) is 4.79. The van der Waals surface area contributed by atoms with Crippen LogP contribution in [0, 0.1) is 19.8 Å². The highest BCUT2D eigenvalue weighted by Crippen LogP contribution is 2.20. The predicted octanol–water partition coefficient (Wildman–Crippen LogP) is 2.53. The van der Waals surface area contributed by atoms with Crippen LogP contribution in [0.2, 0.25) is 0 Å². The first-order valence-electron chi connectivity index (χ1n) is 7.66. The molecule has 2 rings (SSSR count). The van der Waals surface area contributed by atoms with E-state index in [1.54, 1.807) is 4.68 Å². The first-order valence-corrected chi connectivity index (χ1v) is 8.64. The molecule has 7 heteroatoms. The van der Waals surface area contributed by atoms with Gasteiger partial charge in [-0.2, -0.15) is 4.68 Å². The molecular weight excluding hydrogens is 310 g/mol. The summed E-state index contributed by atoms with van der Waals surface area (Å²) in [6, 6.07) is 6.29. The van der Waals surface area contributed by atoms with E-state index in [4.69, 9.17) is 0 Å². The van der Waals surface area contributed by atoms with E-state index in [1.165, 1.54) is 11.8 Å². The molecule has 1 heterocycles. The lowest BCUT2D eigenvalue weighted by atomic mass is 10.1. The highest BCUT2D eigenvalue weighted by Gasteiger charge is 2.14. The lowest BCUT2D eigenvalue weighted by Crippen LogP contribution is -2.37. The maximum absolute atomic E-state index is 12.0. The van der Waals surface area contributed by atoms with Gasteiger partial charge in [-0.05, 0) is 60.4 Å². The third-order valence-corrected chi connectivity index (χ3v) is 4.53. The standard InChI is InChI=1S/C16H23N5OS/c1-10(2)13(5)17-15(22)9-23-16-18-19-20-21(16)14-7-11(3)6-12(4)8-14/h6-8,10,13H,9H2,1-5H3,(H,17,22)/t13-/m0/s1. The molecule has 124 valence electrons. The number of benzene rings is 1. The number of aromatic nitrogens is 4. The summed E-state index contributed by atoms with van der Waals surface area (Å²) >= 11 is 1.34. The molecule has 1 amide bonds. The van der Waals surface area contributed by atoms with Gasteiger partial charge in [0.25, 0.3) is 0 Å². The molecule has 0 unspecified atom stereocenters. The van der Waals surface area contributed by atoms with E-state index in [0.29, 0.717) is 16.8 Å². The van der Waals surface area contributed by atoms with Crippen LogP contribution in [0.15, 0.2) is 23.4 Å². The van der Waals surface area contributed by atoms with Gasteiger partial charge in [0, 0.05) is 6.04 Å². The Morgan fingerprint density at radius 1 is 1.22 bits per heavy atom. The fourth-order valence-electron chi connectivity index (χ4n) is 2.10. The first kappa shape index (κ1) is 17.5. The van der Waals surface area contributed by atoms with Crippen LogP contribution in [-0.2, 0) is 4.79 Å². The number of amides is 1. The van der Waals surface area contributed by atoms with E-state index in [9.17, 15) is 4.79 Å². The summed E-state index contributed by atoms with van der Waals surface area (Å²) in [5.41, 5.74) is 3.20. The molecule has 0 radical (unpaired) electrons. The van der Waals surface area contributed by atoms with Crippen LogP contribution in [0.1, 0.15) is 31.9 Å². The molecule has 0 aliphatic carbocycles. The largest absolute Gasteiger partial charge is 0.353 e. The van der Waals surface area contributed by atoms with Crippen LogP contribution in [-0.4, -0.2) is 37.9 Å². The van der Waals surface area contributed by atoms with Crippen molar-refractivity contribution >= 4 is 17.7 Å². The van der Waals surface area contributed by atoms with E-state index in [2.05, 4.69) is 40.8 Å². The smallest absolute Gasteiger partial charge is 0.230 e. The molecule has 0 fully saturated rings. The van der Waals surface area contributed by atoms with Gasteiger partial charge in [0.15, 0.2) is 0 Å². The zero-order valence-corrected chi connectivity index (χ0v) is 15.0. The van der Waals surface area contributed by atoms with Crippen molar-refractivity contribution in [3.8, 4) is 5.69 Å². The van der Waals surface area contributed by atoms with Gasteiger partial charge in [-0.3, -0.25) is 4.79 Å². The Balaban J connectivity index is 2.05. The van der Waals surface area contributed by atoms with Crippen LogP contribution in [0.4, 0.5) is 0 Å². The van der Waals surface area contributed by atoms with Crippen molar-refractivity contribution in [1.29, 1.82) is 0 Å². The van der Waals surface area contributed by atoms with Gasteiger partial charge >= 0.3 is 0 Å². The minimum Gasteiger partial charge on any atom is -0.353 e. The highest BCUT2D eigenvalue weighted by atomic mass is 32.2. The second-order valence-corrected chi connectivity index (χ2v) is 7.05. The molecule has 0 saturated heterocycles. The third-order valence-electron chi connectivity index (χ3n) is 3.61. The van der Waals surface area contributed by atoms with Crippen LogP contribution < -0.4 is 5.32 Å². The highest BCUT2D eigenvalue weighted by molar-refractivity contribution is 7.99. The van der Waals surface area contributed by atoms with Crippen molar-refractivity contribution in [1.82, 2.24) is 25.5 Å². The topological polar surface area (TPSA) is 72.7 Å². The number of thioether (sulfide) groups is 1. The number of carbonyl (C=O) groups excluding carboxylic acids is 1. The quantitative estimate of drug-likeness (QED) is 0.823. The molecule has 1 aromatic carbocycles. The zero-order chi connectivity index (χ0) is 17.0. The Morgan fingerprint density at radius 3 is 2.48 bits per heavy atom. The summed E-state index contributed by atoms with van der Waals surface area (Å²) in [6.07, 6.45) is 0. The molecule has 0 aliphatic rings. The van der Waals surface area contributed by atoms with Gasteiger partial charge in [-0.25, -0.2) is 0 Å². The van der Waals surface area contributed by atoms with Crippen molar-refractivity contribution in [2.24, 2.45) is 5.92 Å². The Kier molecular flexibility index (Phi) is 5.76. The lowest BCUT2D eigenvalue weighted by molar-refractivity contribution is -0.119. The van der Waals surface area contributed by atoms with Crippen LogP contribution in [0.25, 0.3) is 5.69 Å². The van der Waals surface area contributed by atoms with Crippen LogP contribution in [0.5, 0.6) is 0 Å². The predicted molar refractivity (Wildman–Crippen MR) is 91.8 cm³/mol. The molecule has 1 aromatic heterocycles. The Labute approximate surface area is 141 Å². The van der Waals surface area contributed by atoms with Crippen molar-refractivity contribution < 1.29 is 4.79 Å². The molecule has 2 aromatic rings. The van der Waals surface area contributed by atoms with Crippen LogP contribution >= 0.6 is 11.8 Å². The Morgan fingerprint density at radius 2 is 1.87 bits per heavy atom. The van der Waals surface area contributed by atoms with E-state index in [1.807, 2.05) is 32.9 Å². The van der Waals surface area contributed by atoms with E-state index < -0.39 is 0 Å². The molecule has 23 heavy (non-hydrogen) atoms. The SMILES string of the molecule is Cc1cc(C)cc(-n2nnnc2SCC(=O)N[C@@H](C)C(C)C)c1. The van der Waals surface area contributed by atoms with Crippen molar-refractivity contribution in [2.75, 3.05) is 5.75 Å². The number of nitrogens with one attached hydrogen (secondary N) is 1. The zero-order valence-electron chi connectivity index (χ0n) is 14.2. The maximum Gasteiger partial charge on any atom is 0.230 e. The molecule has 0 aliphatic heterocycles. The van der Waals surface area contributed by atoms with Crippen molar-refractivity contribution in [3.63, 3.8) is 0 Å². The first-order chi connectivity index (χ1) is 10.9. The van der Waals surface area contributed by atoms with E-state index in [-0.39, 0.29) is 11.9 Å². The molecule has 0 spiro atoms. The Bertz CT molecular complexity index is 663. The van der Waals surface area contributed by atoms with Crippen LogP contribution in [0.3, 0.4) is 0 Å². The average molecular weight is 333 g/mol. The second kappa shape index (κ2) is 7.59. The number of nitrogens with zero attached hydrogens (tertiary/aromatic N) is 4. The Hall–Kier alpha value is -1.89. The second-order valence-electron chi connectivity index (χ2n) is 6.11. The number of rotatable bonds is 6. The average Bonchev–Trinajstić information content (AvgIpc) is 2.92. The summed E-state index contributed by atoms with van der Waals surface area (Å²) in [4.78, 5) is 12.0. The van der Waals surface area contributed by atoms with E-state index >= 15 is 0 Å². The minimum atomic E-state index is -0.00817. The van der Waals surface area contributed by atoms with E-state index in [0.717, 1.165) is 16.8 Å². The number of aryl methyl sites for hydroxylation is 2. The lowest BCUT2D eigenvalue weighted by Gasteiger charge is -2.17. The van der Waals surface area contributed by atoms with Gasteiger partial charge < -0.3 is 5.32 Å². The molecule has 6 nitrogen and oxygen atoms in total. The molecule has 0 bridgehead atoms. The maximum atomic E-state index is 12.0.